The van der Waals surface area contributed by atoms with Crippen LogP contribution in [0.15, 0.2) is 95.2 Å². The highest BCUT2D eigenvalue weighted by molar-refractivity contribution is 7.90. The fourth-order valence-electron chi connectivity index (χ4n) is 5.36. The van der Waals surface area contributed by atoms with E-state index in [2.05, 4.69) is 18.0 Å². The molecular formula is C31H25ClN3O7S3+. The number of para-hydroxylation sites is 1. The molecule has 0 radical (unpaired) electrons. The van der Waals surface area contributed by atoms with E-state index in [-0.39, 0.29) is 5.88 Å². The van der Waals surface area contributed by atoms with Gasteiger partial charge in [0.2, 0.25) is 16.4 Å². The third-order valence-electron chi connectivity index (χ3n) is 7.32. The minimum absolute atomic E-state index is 0.0403. The van der Waals surface area contributed by atoms with E-state index in [9.17, 15) is 25.9 Å². The fourth-order valence-corrected chi connectivity index (χ4v) is 7.95. The Bertz CT molecular complexity index is 2450. The van der Waals surface area contributed by atoms with E-state index in [0.29, 0.717) is 39.0 Å². The standard InChI is InChI=1S/C31H24ClN3O7S3/c1-4-8-31(45(39,40)41)35-25-16-22-21-9-6-7-10-23(21)33(3)24(22)17-27(25)42-29(35)13-19(5-2)14-30-34(18-44(36,37)38)26-15-20(32)11-12-28(26)43-30/h6-7,9-17H,1,5,18H2,2-3H3,(H-,36,37,38,39,40,41)/p+1. The number of halogens is 1. The second kappa shape index (κ2) is 11.3. The molecule has 0 bridgehead atoms. The van der Waals surface area contributed by atoms with Crippen molar-refractivity contribution in [3.63, 3.8) is 0 Å². The molecule has 0 unspecified atom stereocenters. The first kappa shape index (κ1) is 30.8. The van der Waals surface area contributed by atoms with E-state index in [1.807, 2.05) is 42.8 Å². The van der Waals surface area contributed by atoms with Crippen molar-refractivity contribution in [2.45, 2.75) is 19.2 Å². The van der Waals surface area contributed by atoms with Crippen molar-refractivity contribution in [1.82, 2.24) is 4.57 Å². The third kappa shape index (κ3) is 5.72. The van der Waals surface area contributed by atoms with Crippen LogP contribution in [0.1, 0.15) is 18.4 Å². The summed E-state index contributed by atoms with van der Waals surface area (Å²) in [7, 11) is -7.36. The molecular weight excluding hydrogens is 658 g/mol. The molecule has 0 spiro atoms. The average Bonchev–Trinajstić information content (AvgIpc) is 3.58. The molecule has 230 valence electrons. The monoisotopic (exact) mass is 682 g/mol. The quantitative estimate of drug-likeness (QED) is 0.113. The minimum Gasteiger partial charge on any atom is -0.438 e. The zero-order valence-electron chi connectivity index (χ0n) is 23.9. The number of rotatable bonds is 7. The van der Waals surface area contributed by atoms with Crippen molar-refractivity contribution in [1.29, 1.82) is 0 Å². The number of aromatic nitrogens is 2. The molecule has 45 heavy (non-hydrogen) atoms. The summed E-state index contributed by atoms with van der Waals surface area (Å²) >= 11 is 7.47. The molecule has 10 nitrogen and oxygen atoms in total. The smallest absolute Gasteiger partial charge is 0.326 e. The van der Waals surface area contributed by atoms with Crippen LogP contribution in [-0.4, -0.2) is 30.5 Å². The Morgan fingerprint density at radius 1 is 1.09 bits per heavy atom. The maximum Gasteiger partial charge on any atom is 0.326 e. The Kier molecular flexibility index (Phi) is 7.77. The highest BCUT2D eigenvalue weighted by atomic mass is 35.5. The predicted octanol–water partition coefficient (Wildman–Crippen LogP) is 6.54. The van der Waals surface area contributed by atoms with Crippen molar-refractivity contribution in [2.75, 3.05) is 4.90 Å². The van der Waals surface area contributed by atoms with Crippen LogP contribution in [0.3, 0.4) is 0 Å². The highest BCUT2D eigenvalue weighted by Gasteiger charge is 2.36. The van der Waals surface area contributed by atoms with Crippen LogP contribution in [0, 0.1) is 0 Å². The molecule has 2 N–H and O–H groups in total. The molecule has 0 atom stereocenters. The largest absolute Gasteiger partial charge is 0.438 e. The van der Waals surface area contributed by atoms with Gasteiger partial charge in [-0.2, -0.15) is 21.4 Å². The molecule has 2 aromatic heterocycles. The number of hydrogen-bond acceptors (Lipinski definition) is 7. The van der Waals surface area contributed by atoms with Gasteiger partial charge in [-0.1, -0.05) is 53.8 Å². The molecule has 0 aliphatic carbocycles. The summed E-state index contributed by atoms with van der Waals surface area (Å²) in [4.78, 5) is 1.23. The summed E-state index contributed by atoms with van der Waals surface area (Å²) < 4.78 is 79.5. The van der Waals surface area contributed by atoms with Gasteiger partial charge < -0.3 is 9.30 Å². The van der Waals surface area contributed by atoms with Crippen molar-refractivity contribution in [2.24, 2.45) is 7.05 Å². The molecule has 0 amide bonds. The molecule has 1 aliphatic rings. The summed E-state index contributed by atoms with van der Waals surface area (Å²) in [5.74, 6) is -0.333. The Labute approximate surface area is 267 Å². The summed E-state index contributed by atoms with van der Waals surface area (Å²) in [6, 6.07) is 16.4. The third-order valence-corrected chi connectivity index (χ3v) is 10.0. The van der Waals surface area contributed by atoms with Crippen LogP contribution >= 0.6 is 22.9 Å². The maximum atomic E-state index is 12.6. The number of nitrogens with zero attached hydrogens (tertiary/aromatic N) is 3. The second-order valence-corrected chi connectivity index (χ2v) is 14.4. The van der Waals surface area contributed by atoms with Crippen LogP contribution < -0.4 is 14.2 Å². The lowest BCUT2D eigenvalue weighted by Gasteiger charge is -2.18. The van der Waals surface area contributed by atoms with Crippen molar-refractivity contribution >= 4 is 87.0 Å². The van der Waals surface area contributed by atoms with Gasteiger partial charge >= 0.3 is 20.2 Å². The highest BCUT2D eigenvalue weighted by Crippen LogP contribution is 2.46. The van der Waals surface area contributed by atoms with Crippen LogP contribution in [0.4, 0.5) is 5.69 Å². The van der Waals surface area contributed by atoms with E-state index < -0.39 is 31.1 Å². The Balaban J connectivity index is 1.57. The van der Waals surface area contributed by atoms with Crippen molar-refractivity contribution in [3.8, 4) is 5.75 Å². The lowest BCUT2D eigenvalue weighted by atomic mass is 10.1. The number of ether oxygens (including phenoxy) is 1. The Morgan fingerprint density at radius 3 is 2.53 bits per heavy atom. The average molecular weight is 683 g/mol. The van der Waals surface area contributed by atoms with E-state index in [1.54, 1.807) is 42.5 Å². The topological polar surface area (TPSA) is 130 Å². The van der Waals surface area contributed by atoms with Crippen LogP contribution in [0.5, 0.6) is 5.75 Å². The minimum atomic E-state index is -4.85. The number of thiazole rings is 1. The Hall–Kier alpha value is -4.16. The second-order valence-electron chi connectivity index (χ2n) is 10.2. The number of fused-ring (bicyclic) bond motifs is 5. The number of benzene rings is 3. The molecule has 3 aromatic carbocycles. The van der Waals surface area contributed by atoms with Gasteiger partial charge in [-0.25, -0.2) is 0 Å². The first-order chi connectivity index (χ1) is 21.3. The van der Waals surface area contributed by atoms with Gasteiger partial charge in [0, 0.05) is 52.6 Å². The molecule has 0 saturated carbocycles. The molecule has 0 fully saturated rings. The first-order valence-electron chi connectivity index (χ1n) is 13.4. The van der Waals surface area contributed by atoms with E-state index in [4.69, 9.17) is 16.3 Å². The maximum absolute atomic E-state index is 12.6. The summed E-state index contributed by atoms with van der Waals surface area (Å²) in [6.45, 7) is 5.30. The van der Waals surface area contributed by atoms with Gasteiger partial charge in [-0.05, 0) is 48.6 Å². The molecule has 6 rings (SSSR count). The van der Waals surface area contributed by atoms with Crippen LogP contribution in [0.25, 0.3) is 38.1 Å². The lowest BCUT2D eigenvalue weighted by molar-refractivity contribution is -0.649. The van der Waals surface area contributed by atoms with Gasteiger partial charge in [-0.15, -0.1) is 0 Å². The van der Waals surface area contributed by atoms with Crippen molar-refractivity contribution in [3.05, 3.63) is 105 Å². The zero-order valence-corrected chi connectivity index (χ0v) is 27.1. The number of anilines is 1. The van der Waals surface area contributed by atoms with Crippen LogP contribution in [0.2, 0.25) is 5.02 Å². The van der Waals surface area contributed by atoms with Gasteiger partial charge in [0.05, 0.1) is 11.2 Å². The fraction of sp³-hybridized carbons (Fsp3) is 0.129. The number of aryl methyl sites for hydroxylation is 1. The molecule has 3 heterocycles. The van der Waals surface area contributed by atoms with Gasteiger partial charge in [0.1, 0.15) is 4.70 Å². The Morgan fingerprint density at radius 2 is 1.84 bits per heavy atom. The first-order valence-corrected chi connectivity index (χ1v) is 17.6. The zero-order chi connectivity index (χ0) is 32.3. The van der Waals surface area contributed by atoms with Gasteiger partial charge in [0.15, 0.2) is 5.75 Å². The van der Waals surface area contributed by atoms with E-state index >= 15 is 0 Å². The molecule has 1 aliphatic heterocycles. The molecule has 14 heteroatoms. The van der Waals surface area contributed by atoms with Crippen LogP contribution in [-0.2, 0) is 33.2 Å². The van der Waals surface area contributed by atoms with Crippen molar-refractivity contribution < 1.29 is 35.2 Å². The van der Waals surface area contributed by atoms with Gasteiger partial charge in [0.25, 0.3) is 10.9 Å². The van der Waals surface area contributed by atoms with E-state index in [0.717, 1.165) is 26.5 Å². The van der Waals surface area contributed by atoms with Gasteiger partial charge in [-0.3, -0.25) is 14.0 Å². The predicted molar refractivity (Wildman–Crippen MR) is 176 cm³/mol. The number of hydrogen-bond donors (Lipinski definition) is 2. The normalized spacial score (nSPS) is 14.6. The SMILES string of the molecule is C=C=C=C(N1C(=CC(=Cc2sc3ccc(Cl)cc3[n+]2CS(=O)(=O)O)CC)Oc2cc3c(cc21)c1ccccc1n3C)S(=O)(=O)O. The molecule has 0 saturated heterocycles. The summed E-state index contributed by atoms with van der Waals surface area (Å²) in [6.07, 6.45) is 3.71. The molecule has 5 aromatic rings. The lowest BCUT2D eigenvalue weighted by Crippen LogP contribution is -2.39. The van der Waals surface area contributed by atoms with E-state index in [1.165, 1.54) is 20.8 Å². The number of allylic oxidation sites excluding steroid dienone is 2. The summed E-state index contributed by atoms with van der Waals surface area (Å²) in [5.41, 5.74) is 8.00. The summed E-state index contributed by atoms with van der Waals surface area (Å²) in [5, 5.41) is 2.00.